The predicted molar refractivity (Wildman–Crippen MR) is 125 cm³/mol. The third kappa shape index (κ3) is 4.64. The van der Waals surface area contributed by atoms with Crippen molar-refractivity contribution >= 4 is 34.8 Å². The number of nitrogens with one attached hydrogen (secondary N) is 2. The Morgan fingerprint density at radius 1 is 1.00 bits per heavy atom. The molecule has 3 aromatic rings. The summed E-state index contributed by atoms with van der Waals surface area (Å²) in [5, 5.41) is 3.01. The van der Waals surface area contributed by atoms with Gasteiger partial charge in [0.1, 0.15) is 0 Å². The molecule has 0 radical (unpaired) electrons. The average Bonchev–Trinajstić information content (AvgIpc) is 3.28. The molecule has 2 unspecified atom stereocenters. The van der Waals surface area contributed by atoms with Crippen LogP contribution in [-0.2, 0) is 10.4 Å². The minimum absolute atomic E-state index is 0.0201. The summed E-state index contributed by atoms with van der Waals surface area (Å²) in [5.41, 5.74) is 1.25. The number of alkyl halides is 3. The first-order chi connectivity index (χ1) is 16.1. The second-order valence-electron chi connectivity index (χ2n) is 7.81. The largest absolute Gasteiger partial charge is 0.428 e. The monoisotopic (exact) mass is 506 g/mol. The Hall–Kier alpha value is -3.00. The van der Waals surface area contributed by atoms with Crippen LogP contribution in [-0.4, -0.2) is 12.1 Å². The molecule has 0 saturated heterocycles. The molecule has 2 N–H and O–H groups in total. The van der Waals surface area contributed by atoms with Gasteiger partial charge in [0, 0.05) is 11.1 Å². The molecule has 0 aromatic heterocycles. The van der Waals surface area contributed by atoms with E-state index in [9.17, 15) is 18.0 Å². The normalized spacial score (nSPS) is 18.7. The van der Waals surface area contributed by atoms with Crippen LogP contribution in [0.1, 0.15) is 40.0 Å². The van der Waals surface area contributed by atoms with Gasteiger partial charge in [-0.25, -0.2) is 0 Å². The molecule has 0 fully saturated rings. The van der Waals surface area contributed by atoms with Crippen molar-refractivity contribution in [2.24, 2.45) is 0 Å². The molecular weight excluding hydrogens is 488 g/mol. The summed E-state index contributed by atoms with van der Waals surface area (Å²) in [7, 11) is 0. The van der Waals surface area contributed by atoms with Gasteiger partial charge in [-0.05, 0) is 48.4 Å². The Morgan fingerprint density at radius 2 is 1.68 bits per heavy atom. The topological polar surface area (TPSA) is 50.4 Å². The van der Waals surface area contributed by atoms with Gasteiger partial charge in [-0.3, -0.25) is 15.1 Å². The lowest BCUT2D eigenvalue weighted by Crippen LogP contribution is -2.42. The number of hydrogen-bond acceptors (Lipinski definition) is 3. The van der Waals surface area contributed by atoms with Crippen LogP contribution in [0.15, 0.2) is 78.9 Å². The molecule has 9 heteroatoms. The van der Waals surface area contributed by atoms with E-state index in [1.165, 1.54) is 24.3 Å². The number of amides is 1. The summed E-state index contributed by atoms with van der Waals surface area (Å²) in [6.07, 6.45) is -3.84. The van der Waals surface area contributed by atoms with Crippen molar-refractivity contribution in [3.63, 3.8) is 0 Å². The van der Waals surface area contributed by atoms with E-state index in [0.717, 1.165) is 17.7 Å². The van der Waals surface area contributed by atoms with Gasteiger partial charge < -0.3 is 5.32 Å². The van der Waals surface area contributed by atoms with Crippen LogP contribution in [0, 0.1) is 0 Å². The highest BCUT2D eigenvalue weighted by Crippen LogP contribution is 2.48. The number of hydrogen-bond donors (Lipinski definition) is 2. The predicted octanol–water partition coefficient (Wildman–Crippen LogP) is 6.82. The fraction of sp³-hybridized carbons (Fsp3) is 0.160. The number of rotatable bonds is 5. The molecule has 4 nitrogen and oxygen atoms in total. The van der Waals surface area contributed by atoms with Gasteiger partial charge in [-0.2, -0.15) is 13.2 Å². The summed E-state index contributed by atoms with van der Waals surface area (Å²) in [6.45, 7) is 1.87. The maximum Gasteiger partial charge on any atom is 0.428 e. The molecule has 4 rings (SSSR count). The fourth-order valence-electron chi connectivity index (χ4n) is 3.62. The maximum atomic E-state index is 14.1. The SMILES string of the molecule is CC(NC(=O)c1ccc(C2=CC(c3ccc(Cl)c(Cl)c3)(C(F)(F)F)ON2)cc1)c1ccccc1. The highest BCUT2D eigenvalue weighted by Gasteiger charge is 2.59. The average molecular weight is 507 g/mol. The molecular formula is C25H19Cl2F3N2O2. The summed E-state index contributed by atoms with van der Waals surface area (Å²) in [5.74, 6) is -0.298. The third-order valence-corrected chi connectivity index (χ3v) is 6.28. The molecule has 2 atom stereocenters. The molecule has 1 aliphatic rings. The van der Waals surface area contributed by atoms with Gasteiger partial charge in [0.2, 0.25) is 5.60 Å². The van der Waals surface area contributed by atoms with E-state index in [-0.39, 0.29) is 33.3 Å². The van der Waals surface area contributed by atoms with E-state index in [4.69, 9.17) is 28.0 Å². The van der Waals surface area contributed by atoms with Crippen molar-refractivity contribution < 1.29 is 22.8 Å². The highest BCUT2D eigenvalue weighted by molar-refractivity contribution is 6.42. The second kappa shape index (κ2) is 9.33. The molecule has 0 bridgehead atoms. The quantitative estimate of drug-likeness (QED) is 0.399. The molecule has 1 amide bonds. The van der Waals surface area contributed by atoms with Crippen LogP contribution >= 0.6 is 23.2 Å². The van der Waals surface area contributed by atoms with Crippen LogP contribution in [0.5, 0.6) is 0 Å². The van der Waals surface area contributed by atoms with E-state index in [2.05, 4.69) is 10.8 Å². The zero-order chi connectivity index (χ0) is 24.5. The number of hydroxylamine groups is 1. The van der Waals surface area contributed by atoms with Crippen molar-refractivity contribution in [3.05, 3.63) is 111 Å². The minimum Gasteiger partial charge on any atom is -0.346 e. The Labute approximate surface area is 204 Å². The molecule has 176 valence electrons. The molecule has 0 aliphatic carbocycles. The maximum absolute atomic E-state index is 14.1. The highest BCUT2D eigenvalue weighted by atomic mass is 35.5. The standard InChI is InChI=1S/C25H19Cl2F3N2O2/c1-15(16-5-3-2-4-6-16)31-23(33)18-9-7-17(8-10-18)22-14-24(34-32-22,25(28,29)30)19-11-12-20(26)21(27)13-19/h2-15,32H,1H3,(H,31,33). The van der Waals surface area contributed by atoms with Crippen molar-refractivity contribution in [1.29, 1.82) is 0 Å². The van der Waals surface area contributed by atoms with Gasteiger partial charge >= 0.3 is 6.18 Å². The number of carbonyl (C=O) groups excluding carboxylic acids is 1. The van der Waals surface area contributed by atoms with Crippen molar-refractivity contribution in [1.82, 2.24) is 10.8 Å². The van der Waals surface area contributed by atoms with Crippen molar-refractivity contribution in [2.45, 2.75) is 24.7 Å². The Kier molecular flexibility index (Phi) is 6.62. The molecule has 3 aromatic carbocycles. The van der Waals surface area contributed by atoms with Crippen LogP contribution in [0.4, 0.5) is 13.2 Å². The molecule has 0 saturated carbocycles. The first kappa shape index (κ1) is 24.1. The molecule has 1 heterocycles. The molecule has 1 aliphatic heterocycles. The Morgan fingerprint density at radius 3 is 2.29 bits per heavy atom. The van der Waals surface area contributed by atoms with Crippen molar-refractivity contribution in [3.8, 4) is 0 Å². The van der Waals surface area contributed by atoms with Crippen LogP contribution < -0.4 is 10.8 Å². The number of carbonyl (C=O) groups is 1. The van der Waals surface area contributed by atoms with E-state index >= 15 is 0 Å². The Bertz CT molecular complexity index is 1230. The third-order valence-electron chi connectivity index (χ3n) is 5.54. The van der Waals surface area contributed by atoms with E-state index in [1.54, 1.807) is 12.1 Å². The zero-order valence-corrected chi connectivity index (χ0v) is 19.3. The molecule has 34 heavy (non-hydrogen) atoms. The number of benzene rings is 3. The van der Waals surface area contributed by atoms with E-state index in [1.807, 2.05) is 37.3 Å². The summed E-state index contributed by atoms with van der Waals surface area (Å²) in [6, 6.07) is 19.1. The van der Waals surface area contributed by atoms with E-state index < -0.39 is 11.8 Å². The van der Waals surface area contributed by atoms with E-state index in [0.29, 0.717) is 11.1 Å². The Balaban J connectivity index is 1.57. The smallest absolute Gasteiger partial charge is 0.346 e. The minimum atomic E-state index is -4.79. The summed E-state index contributed by atoms with van der Waals surface area (Å²) >= 11 is 11.8. The molecule has 0 spiro atoms. The van der Waals surface area contributed by atoms with Gasteiger partial charge in [0.05, 0.1) is 21.8 Å². The van der Waals surface area contributed by atoms with Crippen LogP contribution in [0.2, 0.25) is 10.0 Å². The van der Waals surface area contributed by atoms with Gasteiger partial charge in [-0.15, -0.1) is 0 Å². The van der Waals surface area contributed by atoms with Gasteiger partial charge in [0.25, 0.3) is 5.91 Å². The first-order valence-corrected chi connectivity index (χ1v) is 11.0. The van der Waals surface area contributed by atoms with Crippen LogP contribution in [0.25, 0.3) is 5.70 Å². The van der Waals surface area contributed by atoms with Gasteiger partial charge in [-0.1, -0.05) is 71.7 Å². The van der Waals surface area contributed by atoms with Crippen molar-refractivity contribution in [2.75, 3.05) is 0 Å². The second-order valence-corrected chi connectivity index (χ2v) is 8.62. The fourth-order valence-corrected chi connectivity index (χ4v) is 3.92. The lowest BCUT2D eigenvalue weighted by Gasteiger charge is -2.28. The first-order valence-electron chi connectivity index (χ1n) is 10.3. The van der Waals surface area contributed by atoms with Crippen LogP contribution in [0.3, 0.4) is 0 Å². The lowest BCUT2D eigenvalue weighted by atomic mass is 9.91. The zero-order valence-electron chi connectivity index (χ0n) is 17.8. The summed E-state index contributed by atoms with van der Waals surface area (Å²) in [4.78, 5) is 17.7. The number of halogens is 5. The lowest BCUT2D eigenvalue weighted by molar-refractivity contribution is -0.269. The summed E-state index contributed by atoms with van der Waals surface area (Å²) < 4.78 is 42.3. The van der Waals surface area contributed by atoms with Gasteiger partial charge in [0.15, 0.2) is 0 Å².